The molecule has 4 nitrogen and oxygen atoms in total. The molecular weight excluding hydrogens is 356 g/mol. The molecule has 2 aromatic rings. The average Bonchev–Trinajstić information content (AvgIpc) is 2.57. The van der Waals surface area contributed by atoms with E-state index in [1.54, 1.807) is 25.1 Å². The minimum Gasteiger partial charge on any atom is -0.462 e. The molecular formula is C19H21ClN2O2S. The number of thiocarbonyl (C=S) groups is 1. The Kier molecular flexibility index (Phi) is 6.79. The molecule has 2 rings (SSSR count). The zero-order valence-electron chi connectivity index (χ0n) is 14.4. The highest BCUT2D eigenvalue weighted by atomic mass is 35.5. The van der Waals surface area contributed by atoms with E-state index < -0.39 is 5.97 Å². The van der Waals surface area contributed by atoms with E-state index in [2.05, 4.69) is 29.7 Å². The van der Waals surface area contributed by atoms with Gasteiger partial charge in [0.25, 0.3) is 0 Å². The number of rotatable bonds is 5. The van der Waals surface area contributed by atoms with Crippen LogP contribution in [-0.2, 0) is 4.74 Å². The van der Waals surface area contributed by atoms with Crippen LogP contribution in [0.1, 0.15) is 41.4 Å². The highest BCUT2D eigenvalue weighted by molar-refractivity contribution is 7.80. The van der Waals surface area contributed by atoms with E-state index in [-0.39, 0.29) is 6.04 Å². The molecule has 0 aromatic heterocycles. The monoisotopic (exact) mass is 376 g/mol. The van der Waals surface area contributed by atoms with Crippen molar-refractivity contribution in [3.63, 3.8) is 0 Å². The first-order valence-electron chi connectivity index (χ1n) is 8.02. The zero-order chi connectivity index (χ0) is 18.4. The summed E-state index contributed by atoms with van der Waals surface area (Å²) in [6.45, 7) is 6.15. The van der Waals surface area contributed by atoms with Gasteiger partial charge in [-0.15, -0.1) is 0 Å². The molecule has 0 bridgehead atoms. The summed E-state index contributed by atoms with van der Waals surface area (Å²) < 4.78 is 5.00. The van der Waals surface area contributed by atoms with E-state index in [1.807, 2.05) is 19.1 Å². The van der Waals surface area contributed by atoms with Crippen LogP contribution in [0.2, 0.25) is 5.02 Å². The molecule has 0 fully saturated rings. The molecule has 0 radical (unpaired) electrons. The van der Waals surface area contributed by atoms with Gasteiger partial charge in [0.1, 0.15) is 0 Å². The number of carbonyl (C=O) groups is 1. The number of benzene rings is 2. The third-order valence-electron chi connectivity index (χ3n) is 3.72. The van der Waals surface area contributed by atoms with Gasteiger partial charge in [-0.25, -0.2) is 4.79 Å². The number of aryl methyl sites for hydroxylation is 1. The van der Waals surface area contributed by atoms with Crippen molar-refractivity contribution in [3.05, 3.63) is 64.2 Å². The number of ether oxygens (including phenoxy) is 1. The third kappa shape index (κ3) is 5.18. The smallest absolute Gasteiger partial charge is 0.339 e. The molecule has 1 unspecified atom stereocenters. The summed E-state index contributed by atoms with van der Waals surface area (Å²) in [6.07, 6.45) is 0. The maximum absolute atomic E-state index is 11.9. The predicted molar refractivity (Wildman–Crippen MR) is 106 cm³/mol. The number of hydrogen-bond donors (Lipinski definition) is 2. The summed E-state index contributed by atoms with van der Waals surface area (Å²) in [4.78, 5) is 11.9. The van der Waals surface area contributed by atoms with Crippen LogP contribution in [-0.4, -0.2) is 17.7 Å². The SMILES string of the molecule is CCOC(=O)c1cc(NC(=S)NC(C)c2ccccc2C)ccc1Cl. The highest BCUT2D eigenvalue weighted by Crippen LogP contribution is 2.22. The molecule has 0 heterocycles. The van der Waals surface area contributed by atoms with Gasteiger partial charge in [0.15, 0.2) is 5.11 Å². The highest BCUT2D eigenvalue weighted by Gasteiger charge is 2.14. The Morgan fingerprint density at radius 2 is 2.00 bits per heavy atom. The van der Waals surface area contributed by atoms with Gasteiger partial charge in [0, 0.05) is 5.69 Å². The lowest BCUT2D eigenvalue weighted by atomic mass is 10.0. The van der Waals surface area contributed by atoms with Crippen LogP contribution in [0.25, 0.3) is 0 Å². The number of nitrogens with one attached hydrogen (secondary N) is 2. The first-order chi connectivity index (χ1) is 11.9. The molecule has 6 heteroatoms. The quantitative estimate of drug-likeness (QED) is 0.575. The molecule has 0 aliphatic heterocycles. The third-order valence-corrected chi connectivity index (χ3v) is 4.27. The van der Waals surface area contributed by atoms with Gasteiger partial charge >= 0.3 is 5.97 Å². The van der Waals surface area contributed by atoms with Crippen LogP contribution in [0.3, 0.4) is 0 Å². The lowest BCUT2D eigenvalue weighted by Gasteiger charge is -2.19. The number of anilines is 1. The van der Waals surface area contributed by atoms with E-state index in [0.29, 0.717) is 28.0 Å². The van der Waals surface area contributed by atoms with Gasteiger partial charge < -0.3 is 15.4 Å². The fraction of sp³-hybridized carbons (Fsp3) is 0.263. The van der Waals surface area contributed by atoms with Crippen molar-refractivity contribution in [1.29, 1.82) is 0 Å². The largest absolute Gasteiger partial charge is 0.462 e. The van der Waals surface area contributed by atoms with Crippen LogP contribution < -0.4 is 10.6 Å². The molecule has 0 aliphatic rings. The van der Waals surface area contributed by atoms with E-state index in [4.69, 9.17) is 28.6 Å². The average molecular weight is 377 g/mol. The molecule has 0 aliphatic carbocycles. The predicted octanol–water partition coefficient (Wildman–Crippen LogP) is 4.87. The van der Waals surface area contributed by atoms with Crippen molar-refractivity contribution >= 4 is 40.6 Å². The van der Waals surface area contributed by atoms with E-state index in [9.17, 15) is 4.79 Å². The summed E-state index contributed by atoms with van der Waals surface area (Å²) in [5.74, 6) is -0.455. The molecule has 25 heavy (non-hydrogen) atoms. The molecule has 0 amide bonds. The minimum absolute atomic E-state index is 0.0537. The molecule has 0 saturated carbocycles. The van der Waals surface area contributed by atoms with Crippen LogP contribution >= 0.6 is 23.8 Å². The summed E-state index contributed by atoms with van der Waals surface area (Å²) in [7, 11) is 0. The Hall–Kier alpha value is -2.11. The van der Waals surface area contributed by atoms with Crippen molar-refractivity contribution < 1.29 is 9.53 Å². The fourth-order valence-electron chi connectivity index (χ4n) is 2.48. The molecule has 1 atom stereocenters. The molecule has 2 aromatic carbocycles. The first-order valence-corrected chi connectivity index (χ1v) is 8.80. The van der Waals surface area contributed by atoms with Crippen LogP contribution in [0, 0.1) is 6.92 Å². The number of esters is 1. The normalized spacial score (nSPS) is 11.5. The van der Waals surface area contributed by atoms with Crippen molar-refractivity contribution in [3.8, 4) is 0 Å². The van der Waals surface area contributed by atoms with Crippen LogP contribution in [0.5, 0.6) is 0 Å². The summed E-state index contributed by atoms with van der Waals surface area (Å²) in [6, 6.07) is 13.2. The van der Waals surface area contributed by atoms with E-state index >= 15 is 0 Å². The summed E-state index contributed by atoms with van der Waals surface area (Å²) >= 11 is 11.4. The van der Waals surface area contributed by atoms with Crippen molar-refractivity contribution in [1.82, 2.24) is 5.32 Å². The van der Waals surface area contributed by atoms with Crippen molar-refractivity contribution in [2.24, 2.45) is 0 Å². The summed E-state index contributed by atoms with van der Waals surface area (Å²) in [5.41, 5.74) is 3.35. The molecule has 2 N–H and O–H groups in total. The summed E-state index contributed by atoms with van der Waals surface area (Å²) in [5, 5.41) is 7.13. The maximum atomic E-state index is 11.9. The maximum Gasteiger partial charge on any atom is 0.339 e. The Balaban J connectivity index is 2.07. The standard InChI is InChI=1S/C19H21ClN2O2S/c1-4-24-18(23)16-11-14(9-10-17(16)20)22-19(25)21-13(3)15-8-6-5-7-12(15)2/h5-11,13H,4H2,1-3H3,(H2,21,22,25). The Bertz CT molecular complexity index is 780. The Morgan fingerprint density at radius 1 is 1.28 bits per heavy atom. The number of halogens is 1. The molecule has 0 spiro atoms. The van der Waals surface area contributed by atoms with Gasteiger partial charge in [-0.05, 0) is 62.3 Å². The number of carbonyl (C=O) groups excluding carboxylic acids is 1. The second-order valence-electron chi connectivity index (χ2n) is 5.59. The second kappa shape index (κ2) is 8.83. The number of hydrogen-bond acceptors (Lipinski definition) is 3. The Labute approximate surface area is 158 Å². The van der Waals surface area contributed by atoms with Gasteiger partial charge in [0.2, 0.25) is 0 Å². The lowest BCUT2D eigenvalue weighted by molar-refractivity contribution is 0.0526. The van der Waals surface area contributed by atoms with E-state index in [1.165, 1.54) is 11.1 Å². The van der Waals surface area contributed by atoms with Crippen LogP contribution in [0.4, 0.5) is 5.69 Å². The van der Waals surface area contributed by atoms with Gasteiger partial charge in [-0.1, -0.05) is 35.9 Å². The van der Waals surface area contributed by atoms with Gasteiger partial charge in [0.05, 0.1) is 23.2 Å². The minimum atomic E-state index is -0.455. The van der Waals surface area contributed by atoms with E-state index in [0.717, 1.165) is 0 Å². The molecule has 0 saturated heterocycles. The van der Waals surface area contributed by atoms with Crippen LogP contribution in [0.15, 0.2) is 42.5 Å². The topological polar surface area (TPSA) is 50.4 Å². The Morgan fingerprint density at radius 3 is 2.68 bits per heavy atom. The lowest BCUT2D eigenvalue weighted by Crippen LogP contribution is -2.31. The first kappa shape index (κ1) is 19.2. The van der Waals surface area contributed by atoms with Gasteiger partial charge in [-0.3, -0.25) is 0 Å². The molecule has 132 valence electrons. The second-order valence-corrected chi connectivity index (χ2v) is 6.41. The van der Waals surface area contributed by atoms with Crippen molar-refractivity contribution in [2.75, 3.05) is 11.9 Å². The zero-order valence-corrected chi connectivity index (χ0v) is 16.0. The fourth-order valence-corrected chi connectivity index (χ4v) is 2.97. The van der Waals surface area contributed by atoms with Gasteiger partial charge in [-0.2, -0.15) is 0 Å². The van der Waals surface area contributed by atoms with Crippen molar-refractivity contribution in [2.45, 2.75) is 26.8 Å².